The molecule has 0 radical (unpaired) electrons. The van der Waals surface area contributed by atoms with Crippen LogP contribution in [0.3, 0.4) is 0 Å². The van der Waals surface area contributed by atoms with Gasteiger partial charge in [-0.25, -0.2) is 14.4 Å². The molecule has 1 aromatic carbocycles. The molecule has 0 fully saturated rings. The fourth-order valence-corrected chi connectivity index (χ4v) is 3.26. The summed E-state index contributed by atoms with van der Waals surface area (Å²) in [4.78, 5) is 14.4. The van der Waals surface area contributed by atoms with Crippen LogP contribution in [-0.2, 0) is 13.0 Å². The van der Waals surface area contributed by atoms with Crippen molar-refractivity contribution in [2.75, 3.05) is 38.9 Å². The summed E-state index contributed by atoms with van der Waals surface area (Å²) in [5.41, 5.74) is 1.55. The molecule has 0 atom stereocenters. The predicted molar refractivity (Wildman–Crippen MR) is 128 cm³/mol. The van der Waals surface area contributed by atoms with E-state index in [1.165, 1.54) is 31.3 Å². The number of aliphatic imine (C=N–C) groups is 2. The number of ether oxygens (including phenoxy) is 2. The van der Waals surface area contributed by atoms with Gasteiger partial charge in [0.1, 0.15) is 17.3 Å². The van der Waals surface area contributed by atoms with E-state index in [2.05, 4.69) is 26.8 Å². The second-order valence-corrected chi connectivity index (χ2v) is 7.06. The second-order valence-electron chi connectivity index (χ2n) is 7.06. The minimum absolute atomic E-state index is 0.00268. The quantitative estimate of drug-likeness (QED) is 0.391. The van der Waals surface area contributed by atoms with Crippen molar-refractivity contribution in [3.63, 3.8) is 0 Å². The van der Waals surface area contributed by atoms with E-state index in [4.69, 9.17) is 14.6 Å². The number of aliphatic hydroxyl groups is 2. The third-order valence-corrected chi connectivity index (χ3v) is 4.90. The van der Waals surface area contributed by atoms with Gasteiger partial charge in [-0.05, 0) is 24.4 Å². The van der Waals surface area contributed by atoms with E-state index < -0.39 is 5.82 Å². The average Bonchev–Trinajstić information content (AvgIpc) is 3.30. The maximum atomic E-state index is 15.1. The third-order valence-electron chi connectivity index (χ3n) is 4.90. The fraction of sp³-hybridized carbons (Fsp3) is 0.304. The molecule has 3 aromatic rings. The summed E-state index contributed by atoms with van der Waals surface area (Å²) in [6.07, 6.45) is 5.76. The zero-order chi connectivity index (χ0) is 24.5. The summed E-state index contributed by atoms with van der Waals surface area (Å²) in [6.45, 7) is 3.83. The van der Waals surface area contributed by atoms with Gasteiger partial charge in [-0.2, -0.15) is 5.10 Å². The summed E-state index contributed by atoms with van der Waals surface area (Å²) in [5.74, 6) is 0.373. The molecule has 10 nitrogen and oxygen atoms in total. The van der Waals surface area contributed by atoms with Gasteiger partial charge in [-0.1, -0.05) is 0 Å². The van der Waals surface area contributed by atoms with Crippen molar-refractivity contribution in [3.8, 4) is 11.5 Å². The van der Waals surface area contributed by atoms with Crippen LogP contribution in [0.1, 0.15) is 5.56 Å². The number of hydrogen-bond acceptors (Lipinski definition) is 9. The van der Waals surface area contributed by atoms with Crippen molar-refractivity contribution in [1.29, 1.82) is 0 Å². The Bertz CT molecular complexity index is 1150. The van der Waals surface area contributed by atoms with E-state index in [0.29, 0.717) is 30.2 Å². The Morgan fingerprint density at radius 2 is 2.03 bits per heavy atom. The van der Waals surface area contributed by atoms with Crippen molar-refractivity contribution >= 4 is 35.9 Å². The second kappa shape index (κ2) is 11.9. The van der Waals surface area contributed by atoms with E-state index >= 15 is 4.39 Å². The number of halogens is 1. The van der Waals surface area contributed by atoms with E-state index in [9.17, 15) is 5.11 Å². The first-order valence-electron chi connectivity index (χ1n) is 10.5. The van der Waals surface area contributed by atoms with Crippen molar-refractivity contribution in [2.45, 2.75) is 13.0 Å². The van der Waals surface area contributed by atoms with Crippen LogP contribution in [0.15, 0.2) is 46.6 Å². The summed E-state index contributed by atoms with van der Waals surface area (Å²) < 4.78 is 27.1. The zero-order valence-electron chi connectivity index (χ0n) is 19.1. The number of methoxy groups -OCH3 is 2. The van der Waals surface area contributed by atoms with Crippen LogP contribution in [0, 0.1) is 5.82 Å². The largest absolute Gasteiger partial charge is 0.497 e. The van der Waals surface area contributed by atoms with Gasteiger partial charge in [-0.3, -0.25) is 9.67 Å². The highest BCUT2D eigenvalue weighted by atomic mass is 19.1. The van der Waals surface area contributed by atoms with Crippen LogP contribution in [0.2, 0.25) is 0 Å². The van der Waals surface area contributed by atoms with Gasteiger partial charge < -0.3 is 24.6 Å². The van der Waals surface area contributed by atoms with Gasteiger partial charge in [0.2, 0.25) is 0 Å². The normalized spacial score (nSPS) is 11.1. The Morgan fingerprint density at radius 3 is 2.71 bits per heavy atom. The highest BCUT2D eigenvalue weighted by Crippen LogP contribution is 2.37. The number of pyridine rings is 1. The minimum Gasteiger partial charge on any atom is -0.497 e. The van der Waals surface area contributed by atoms with Crippen molar-refractivity contribution in [1.82, 2.24) is 14.8 Å². The Kier molecular flexibility index (Phi) is 8.66. The number of rotatable bonds is 12. The topological polar surface area (TPSA) is 118 Å². The fourth-order valence-electron chi connectivity index (χ4n) is 3.26. The smallest absolute Gasteiger partial charge is 0.188 e. The molecule has 11 heteroatoms. The van der Waals surface area contributed by atoms with E-state index in [-0.39, 0.29) is 37.0 Å². The maximum absolute atomic E-state index is 15.1. The third kappa shape index (κ3) is 5.74. The highest BCUT2D eigenvalue weighted by molar-refractivity contribution is 5.74. The number of benzene rings is 1. The molecule has 0 spiro atoms. The van der Waals surface area contributed by atoms with Crippen LogP contribution >= 0.6 is 0 Å². The molecule has 180 valence electrons. The van der Waals surface area contributed by atoms with Crippen LogP contribution in [-0.4, -0.2) is 71.9 Å². The first-order valence-corrected chi connectivity index (χ1v) is 10.5. The van der Waals surface area contributed by atoms with Crippen LogP contribution in [0.4, 0.5) is 27.4 Å². The summed E-state index contributed by atoms with van der Waals surface area (Å²) in [6, 6.07) is 6.28. The van der Waals surface area contributed by atoms with Gasteiger partial charge >= 0.3 is 0 Å². The standard InChI is InChI=1S/C23H27FN6O4/c1-25-23-18(26-7-6-16-14-27-29(15-16)8-10-31)4-5-21(28-23)30(9-11-32)19-12-17(33-2)13-20(34-3)22(19)24/h4-5,7,12-15,31-32H,1,6,8-11H2,2-3H3. The Balaban J connectivity index is 1.89. The number of hydrogen-bond donors (Lipinski definition) is 2. The highest BCUT2D eigenvalue weighted by Gasteiger charge is 2.21. The van der Waals surface area contributed by atoms with Crippen LogP contribution < -0.4 is 14.4 Å². The molecule has 0 aliphatic carbocycles. The number of aliphatic hydroxyl groups excluding tert-OH is 2. The maximum Gasteiger partial charge on any atom is 0.188 e. The number of aromatic nitrogens is 3. The number of anilines is 2. The lowest BCUT2D eigenvalue weighted by atomic mass is 10.2. The van der Waals surface area contributed by atoms with Crippen molar-refractivity contribution < 1.29 is 24.1 Å². The van der Waals surface area contributed by atoms with Gasteiger partial charge in [0, 0.05) is 37.5 Å². The van der Waals surface area contributed by atoms with Crippen molar-refractivity contribution in [2.24, 2.45) is 9.98 Å². The molecular weight excluding hydrogens is 443 g/mol. The monoisotopic (exact) mass is 470 g/mol. The molecule has 0 saturated carbocycles. The lowest BCUT2D eigenvalue weighted by molar-refractivity contribution is 0.269. The molecule has 0 amide bonds. The van der Waals surface area contributed by atoms with E-state index in [1.54, 1.807) is 29.2 Å². The van der Waals surface area contributed by atoms with Crippen LogP contribution in [0.25, 0.3) is 0 Å². The lowest BCUT2D eigenvalue weighted by Gasteiger charge is -2.25. The predicted octanol–water partition coefficient (Wildman–Crippen LogP) is 2.83. The van der Waals surface area contributed by atoms with Gasteiger partial charge in [-0.15, -0.1) is 0 Å². The Hall–Kier alpha value is -3.83. The molecule has 0 aliphatic rings. The van der Waals surface area contributed by atoms with Gasteiger partial charge in [0.25, 0.3) is 0 Å². The molecule has 2 N–H and O–H groups in total. The molecule has 0 unspecified atom stereocenters. The summed E-state index contributed by atoms with van der Waals surface area (Å²) >= 11 is 0. The molecule has 0 bridgehead atoms. The molecule has 0 saturated heterocycles. The molecular formula is C23H27FN6O4. The first-order chi connectivity index (χ1) is 16.5. The first kappa shape index (κ1) is 24.8. The summed E-state index contributed by atoms with van der Waals surface area (Å²) in [7, 11) is 2.83. The SMILES string of the molecule is C=Nc1nc(N(CCO)c2cc(OC)cc(OC)c2F)ccc1N=CCc1cnn(CCO)c1. The minimum atomic E-state index is -0.615. The number of nitrogens with zero attached hydrogens (tertiary/aromatic N) is 6. The lowest BCUT2D eigenvalue weighted by Crippen LogP contribution is -2.23. The van der Waals surface area contributed by atoms with Crippen LogP contribution in [0.5, 0.6) is 11.5 Å². The van der Waals surface area contributed by atoms with Gasteiger partial charge in [0.05, 0.1) is 45.9 Å². The van der Waals surface area contributed by atoms with E-state index in [1.807, 2.05) is 6.20 Å². The zero-order valence-corrected chi connectivity index (χ0v) is 19.1. The van der Waals surface area contributed by atoms with Crippen molar-refractivity contribution in [3.05, 3.63) is 48.0 Å². The van der Waals surface area contributed by atoms with Gasteiger partial charge in [0.15, 0.2) is 17.4 Å². The molecule has 0 aliphatic heterocycles. The average molecular weight is 471 g/mol. The molecule has 2 aromatic heterocycles. The summed E-state index contributed by atoms with van der Waals surface area (Å²) in [5, 5.41) is 22.7. The Morgan fingerprint density at radius 1 is 1.21 bits per heavy atom. The Labute approximate surface area is 196 Å². The molecule has 2 heterocycles. The molecule has 3 rings (SSSR count). The molecule has 34 heavy (non-hydrogen) atoms. The van der Waals surface area contributed by atoms with E-state index in [0.717, 1.165) is 5.56 Å².